The van der Waals surface area contributed by atoms with Gasteiger partial charge in [-0.1, -0.05) is 24.3 Å². The molecular formula is C24H22N4O3S3. The van der Waals surface area contributed by atoms with Gasteiger partial charge in [-0.15, -0.1) is 11.3 Å². The molecule has 0 fully saturated rings. The molecule has 0 radical (unpaired) electrons. The van der Waals surface area contributed by atoms with E-state index in [1.807, 2.05) is 43.5 Å². The lowest BCUT2D eigenvalue weighted by atomic mass is 10.0. The summed E-state index contributed by atoms with van der Waals surface area (Å²) in [4.78, 5) is 17.0. The normalized spacial score (nSPS) is 12.2. The van der Waals surface area contributed by atoms with Crippen LogP contribution in [0.3, 0.4) is 0 Å². The maximum Gasteiger partial charge on any atom is 0.252 e. The van der Waals surface area contributed by atoms with Crippen LogP contribution in [0.2, 0.25) is 0 Å². The predicted octanol–water partition coefficient (Wildman–Crippen LogP) is 4.91. The van der Waals surface area contributed by atoms with Crippen molar-refractivity contribution in [3.8, 4) is 0 Å². The van der Waals surface area contributed by atoms with Gasteiger partial charge in [-0.25, -0.2) is 8.42 Å². The Morgan fingerprint density at radius 2 is 1.79 bits per heavy atom. The smallest absolute Gasteiger partial charge is 0.252 e. The first-order valence-electron chi connectivity index (χ1n) is 10.6. The van der Waals surface area contributed by atoms with E-state index in [9.17, 15) is 13.2 Å². The maximum atomic E-state index is 14.0. The molecule has 0 aliphatic carbocycles. The molecule has 174 valence electrons. The number of nitrogens with zero attached hydrogens (tertiary/aromatic N) is 3. The Morgan fingerprint density at radius 3 is 2.56 bits per heavy atom. The van der Waals surface area contributed by atoms with Gasteiger partial charge in [0.05, 0.1) is 17.2 Å². The summed E-state index contributed by atoms with van der Waals surface area (Å²) in [6.45, 7) is 5.80. The van der Waals surface area contributed by atoms with E-state index in [0.717, 1.165) is 38.6 Å². The highest BCUT2D eigenvalue weighted by Crippen LogP contribution is 2.30. The minimum Gasteiger partial charge on any atom is -0.321 e. The van der Waals surface area contributed by atoms with Crippen LogP contribution >= 0.6 is 23.1 Å². The number of rotatable bonds is 6. The van der Waals surface area contributed by atoms with Crippen molar-refractivity contribution in [1.29, 1.82) is 0 Å². The largest absolute Gasteiger partial charge is 0.321 e. The lowest BCUT2D eigenvalue weighted by molar-refractivity contribution is 0.403. The SMILES string of the molecule is Cc1ccc2nsnc2c1S(=O)(=O)N(Cc1cccs1)Cc1cc2ccc(C)c(C)c2[nH]c1=O. The van der Waals surface area contributed by atoms with Crippen LogP contribution in [0.15, 0.2) is 57.5 Å². The quantitative estimate of drug-likeness (QED) is 0.350. The third-order valence-corrected chi connectivity index (χ3v) is 9.44. The van der Waals surface area contributed by atoms with Crippen molar-refractivity contribution < 1.29 is 8.42 Å². The molecule has 34 heavy (non-hydrogen) atoms. The Kier molecular flexibility index (Phi) is 5.85. The first-order chi connectivity index (χ1) is 16.3. The molecule has 3 heterocycles. The topological polar surface area (TPSA) is 96.0 Å². The summed E-state index contributed by atoms with van der Waals surface area (Å²) in [6.07, 6.45) is 0. The number of sulfonamides is 1. The molecule has 10 heteroatoms. The third-order valence-electron chi connectivity index (χ3n) is 6.06. The van der Waals surface area contributed by atoms with Crippen LogP contribution < -0.4 is 5.56 Å². The standard InChI is InChI=1S/C24H22N4O3S3/c1-14-6-8-17-11-18(24(29)25-21(17)16(14)3)12-28(13-19-5-4-10-32-19)34(30,31)23-15(2)7-9-20-22(23)27-33-26-20/h4-11H,12-13H2,1-3H3,(H,25,29). The maximum absolute atomic E-state index is 14.0. The molecule has 0 amide bonds. The Morgan fingerprint density at radius 1 is 1.00 bits per heavy atom. The van der Waals surface area contributed by atoms with E-state index in [1.54, 1.807) is 25.1 Å². The van der Waals surface area contributed by atoms with Crippen LogP contribution in [0.1, 0.15) is 27.1 Å². The van der Waals surface area contributed by atoms with Crippen LogP contribution in [-0.4, -0.2) is 26.5 Å². The fourth-order valence-electron chi connectivity index (χ4n) is 4.06. The lowest BCUT2D eigenvalue weighted by Crippen LogP contribution is -2.33. The second-order valence-electron chi connectivity index (χ2n) is 8.29. The summed E-state index contributed by atoms with van der Waals surface area (Å²) < 4.78 is 37.9. The molecule has 5 aromatic rings. The number of benzene rings is 2. The van der Waals surface area contributed by atoms with Crippen LogP contribution in [0.25, 0.3) is 21.9 Å². The van der Waals surface area contributed by atoms with Crippen LogP contribution in [0.4, 0.5) is 0 Å². The van der Waals surface area contributed by atoms with Gasteiger partial charge >= 0.3 is 0 Å². The van der Waals surface area contributed by atoms with Gasteiger partial charge in [-0.3, -0.25) is 4.79 Å². The zero-order valence-corrected chi connectivity index (χ0v) is 21.3. The number of nitrogens with one attached hydrogen (secondary N) is 1. The average Bonchev–Trinajstić information content (AvgIpc) is 3.48. The van der Waals surface area contributed by atoms with Gasteiger partial charge in [0, 0.05) is 23.5 Å². The van der Waals surface area contributed by atoms with E-state index in [2.05, 4.69) is 13.7 Å². The Hall–Kier alpha value is -2.92. The highest BCUT2D eigenvalue weighted by Gasteiger charge is 2.31. The molecule has 2 aromatic carbocycles. The summed E-state index contributed by atoms with van der Waals surface area (Å²) in [5.41, 5.74) is 4.44. The third kappa shape index (κ3) is 3.96. The van der Waals surface area contributed by atoms with E-state index in [0.29, 0.717) is 22.2 Å². The first-order valence-corrected chi connectivity index (χ1v) is 13.7. The molecule has 0 saturated carbocycles. The van der Waals surface area contributed by atoms with E-state index >= 15 is 0 Å². The number of aromatic nitrogens is 3. The number of aryl methyl sites for hydroxylation is 3. The van der Waals surface area contributed by atoms with Crippen LogP contribution in [0, 0.1) is 20.8 Å². The Balaban J connectivity index is 1.65. The monoisotopic (exact) mass is 510 g/mol. The number of hydrogen-bond acceptors (Lipinski definition) is 7. The van der Waals surface area contributed by atoms with Crippen molar-refractivity contribution in [2.45, 2.75) is 38.8 Å². The summed E-state index contributed by atoms with van der Waals surface area (Å²) in [7, 11) is -4.00. The number of aromatic amines is 1. The molecule has 1 N–H and O–H groups in total. The fourth-order valence-corrected chi connectivity index (χ4v) is 7.21. The van der Waals surface area contributed by atoms with Crippen molar-refractivity contribution in [3.63, 3.8) is 0 Å². The fraction of sp³-hybridized carbons (Fsp3) is 0.208. The molecule has 0 aliphatic rings. The molecule has 0 unspecified atom stereocenters. The number of thiophene rings is 1. The number of fused-ring (bicyclic) bond motifs is 2. The minimum absolute atomic E-state index is 0.0637. The summed E-state index contributed by atoms with van der Waals surface area (Å²) in [5, 5.41) is 2.78. The van der Waals surface area contributed by atoms with Gasteiger partial charge in [0.2, 0.25) is 10.0 Å². The van der Waals surface area contributed by atoms with E-state index < -0.39 is 10.0 Å². The molecule has 0 spiro atoms. The van der Waals surface area contributed by atoms with E-state index in [1.165, 1.54) is 15.6 Å². The molecule has 0 bridgehead atoms. The minimum atomic E-state index is -4.00. The van der Waals surface area contributed by atoms with Gasteiger partial charge in [-0.05, 0) is 66.4 Å². The Bertz CT molecular complexity index is 1690. The summed E-state index contributed by atoms with van der Waals surface area (Å²) in [6, 6.07) is 13.0. The van der Waals surface area contributed by atoms with Crippen molar-refractivity contribution in [3.05, 3.63) is 85.3 Å². The number of H-pyrrole nitrogens is 1. The molecule has 3 aromatic heterocycles. The summed E-state index contributed by atoms with van der Waals surface area (Å²) in [5.74, 6) is 0. The molecule has 0 aliphatic heterocycles. The van der Waals surface area contributed by atoms with Gasteiger partial charge in [0.15, 0.2) is 0 Å². The highest BCUT2D eigenvalue weighted by atomic mass is 32.2. The van der Waals surface area contributed by atoms with Crippen molar-refractivity contribution >= 4 is 55.0 Å². The second kappa shape index (κ2) is 8.70. The molecule has 0 atom stereocenters. The van der Waals surface area contributed by atoms with E-state index in [4.69, 9.17) is 0 Å². The van der Waals surface area contributed by atoms with Gasteiger partial charge in [0.1, 0.15) is 15.9 Å². The Labute approximate surface area is 205 Å². The predicted molar refractivity (Wildman–Crippen MR) is 137 cm³/mol. The van der Waals surface area contributed by atoms with Crippen molar-refractivity contribution in [2.24, 2.45) is 0 Å². The first kappa shape index (κ1) is 22.9. The van der Waals surface area contributed by atoms with Crippen LogP contribution in [0.5, 0.6) is 0 Å². The molecule has 5 rings (SSSR count). The highest BCUT2D eigenvalue weighted by molar-refractivity contribution is 7.89. The zero-order chi connectivity index (χ0) is 24.0. The number of pyridine rings is 1. The molecule has 7 nitrogen and oxygen atoms in total. The zero-order valence-electron chi connectivity index (χ0n) is 18.8. The van der Waals surface area contributed by atoms with Crippen molar-refractivity contribution in [2.75, 3.05) is 0 Å². The van der Waals surface area contributed by atoms with Gasteiger partial charge < -0.3 is 4.98 Å². The lowest BCUT2D eigenvalue weighted by Gasteiger charge is -2.23. The molecular weight excluding hydrogens is 488 g/mol. The molecule has 0 saturated heterocycles. The average molecular weight is 511 g/mol. The van der Waals surface area contributed by atoms with E-state index in [-0.39, 0.29) is 23.5 Å². The second-order valence-corrected chi connectivity index (χ2v) is 11.7. The number of hydrogen-bond donors (Lipinski definition) is 1. The van der Waals surface area contributed by atoms with Crippen LogP contribution in [-0.2, 0) is 23.1 Å². The van der Waals surface area contributed by atoms with Crippen molar-refractivity contribution in [1.82, 2.24) is 18.0 Å². The van der Waals surface area contributed by atoms with Gasteiger partial charge in [0.25, 0.3) is 5.56 Å². The summed E-state index contributed by atoms with van der Waals surface area (Å²) >= 11 is 2.46. The van der Waals surface area contributed by atoms with Gasteiger partial charge in [-0.2, -0.15) is 13.1 Å².